The lowest BCUT2D eigenvalue weighted by molar-refractivity contribution is 0.697. The van der Waals surface area contributed by atoms with Crippen LogP contribution in [0.5, 0.6) is 0 Å². The maximum atomic E-state index is 5.98. The van der Waals surface area contributed by atoms with Crippen LogP contribution in [0.2, 0.25) is 5.02 Å². The molecule has 0 heterocycles. The Balaban J connectivity index is 2.14. The SMILES string of the molecule is CNC(c1ccc(Cl)cc1)c1cccc2ccccc12. The second-order valence-electron chi connectivity index (χ2n) is 4.84. The van der Waals surface area contributed by atoms with Gasteiger partial charge in [0, 0.05) is 5.02 Å². The van der Waals surface area contributed by atoms with Crippen LogP contribution in [0, 0.1) is 0 Å². The Labute approximate surface area is 124 Å². The van der Waals surface area contributed by atoms with Crippen molar-refractivity contribution in [3.63, 3.8) is 0 Å². The zero-order valence-electron chi connectivity index (χ0n) is 11.3. The highest BCUT2D eigenvalue weighted by atomic mass is 35.5. The molecule has 1 N–H and O–H groups in total. The number of nitrogens with one attached hydrogen (secondary N) is 1. The molecule has 0 aliphatic carbocycles. The molecule has 0 aromatic heterocycles. The minimum Gasteiger partial charge on any atom is -0.309 e. The van der Waals surface area contributed by atoms with Crippen LogP contribution in [0.3, 0.4) is 0 Å². The average Bonchev–Trinajstić information content (AvgIpc) is 2.50. The fraction of sp³-hybridized carbons (Fsp3) is 0.111. The first-order chi connectivity index (χ1) is 9.79. The third-order valence-corrected chi connectivity index (χ3v) is 3.88. The fourth-order valence-electron chi connectivity index (χ4n) is 2.66. The maximum Gasteiger partial charge on any atom is 0.0580 e. The highest BCUT2D eigenvalue weighted by Crippen LogP contribution is 2.29. The van der Waals surface area contributed by atoms with Gasteiger partial charge in [-0.05, 0) is 41.1 Å². The smallest absolute Gasteiger partial charge is 0.0580 e. The molecule has 0 fully saturated rings. The summed E-state index contributed by atoms with van der Waals surface area (Å²) in [6.07, 6.45) is 0. The Morgan fingerprint density at radius 2 is 1.55 bits per heavy atom. The fourth-order valence-corrected chi connectivity index (χ4v) is 2.79. The number of benzene rings is 3. The summed E-state index contributed by atoms with van der Waals surface area (Å²) in [5.41, 5.74) is 2.50. The van der Waals surface area contributed by atoms with E-state index in [1.807, 2.05) is 19.2 Å². The molecule has 2 heteroatoms. The molecule has 0 saturated heterocycles. The Kier molecular flexibility index (Phi) is 3.72. The third-order valence-electron chi connectivity index (χ3n) is 3.63. The summed E-state index contributed by atoms with van der Waals surface area (Å²) in [4.78, 5) is 0. The van der Waals surface area contributed by atoms with Crippen molar-refractivity contribution in [1.29, 1.82) is 0 Å². The molecule has 0 bridgehead atoms. The van der Waals surface area contributed by atoms with Gasteiger partial charge in [-0.1, -0.05) is 66.2 Å². The van der Waals surface area contributed by atoms with Gasteiger partial charge in [0.2, 0.25) is 0 Å². The van der Waals surface area contributed by atoms with E-state index >= 15 is 0 Å². The molecule has 0 aliphatic heterocycles. The third kappa shape index (κ3) is 2.43. The van der Waals surface area contributed by atoms with Gasteiger partial charge in [-0.15, -0.1) is 0 Å². The molecule has 3 aromatic rings. The molecule has 0 aliphatic rings. The van der Waals surface area contributed by atoms with Gasteiger partial charge in [-0.2, -0.15) is 0 Å². The summed E-state index contributed by atoms with van der Waals surface area (Å²) in [5.74, 6) is 0. The minimum atomic E-state index is 0.165. The summed E-state index contributed by atoms with van der Waals surface area (Å²) in [5, 5.41) is 6.71. The molecule has 3 rings (SSSR count). The first-order valence-electron chi connectivity index (χ1n) is 6.70. The second-order valence-corrected chi connectivity index (χ2v) is 5.28. The summed E-state index contributed by atoms with van der Waals surface area (Å²) in [6, 6.07) is 23.1. The van der Waals surface area contributed by atoms with Crippen LogP contribution in [0.25, 0.3) is 10.8 Å². The van der Waals surface area contributed by atoms with Crippen molar-refractivity contribution in [3.8, 4) is 0 Å². The minimum absolute atomic E-state index is 0.165. The molecule has 0 radical (unpaired) electrons. The number of halogens is 1. The molecule has 0 saturated carbocycles. The summed E-state index contributed by atoms with van der Waals surface area (Å²) >= 11 is 5.98. The van der Waals surface area contributed by atoms with Gasteiger partial charge in [0.15, 0.2) is 0 Å². The van der Waals surface area contributed by atoms with Crippen LogP contribution in [0.15, 0.2) is 66.7 Å². The monoisotopic (exact) mass is 281 g/mol. The molecule has 100 valence electrons. The van der Waals surface area contributed by atoms with Gasteiger partial charge in [0.1, 0.15) is 0 Å². The van der Waals surface area contributed by atoms with E-state index in [0.29, 0.717) is 0 Å². The van der Waals surface area contributed by atoms with Crippen molar-refractivity contribution in [1.82, 2.24) is 5.32 Å². The molecular weight excluding hydrogens is 266 g/mol. The van der Waals surface area contributed by atoms with Crippen LogP contribution >= 0.6 is 11.6 Å². The first kappa shape index (κ1) is 13.2. The Hall–Kier alpha value is -1.83. The van der Waals surface area contributed by atoms with Gasteiger partial charge in [0.05, 0.1) is 6.04 Å². The van der Waals surface area contributed by atoms with Gasteiger partial charge in [0.25, 0.3) is 0 Å². The molecule has 20 heavy (non-hydrogen) atoms. The number of fused-ring (bicyclic) bond motifs is 1. The van der Waals surface area contributed by atoms with E-state index in [1.165, 1.54) is 21.9 Å². The molecular formula is C18H16ClN. The number of hydrogen-bond donors (Lipinski definition) is 1. The molecule has 1 nitrogen and oxygen atoms in total. The zero-order chi connectivity index (χ0) is 13.9. The predicted molar refractivity (Wildman–Crippen MR) is 86.3 cm³/mol. The largest absolute Gasteiger partial charge is 0.309 e. The molecule has 3 aromatic carbocycles. The van der Waals surface area contributed by atoms with Crippen molar-refractivity contribution in [2.75, 3.05) is 7.05 Å². The Morgan fingerprint density at radius 1 is 0.850 bits per heavy atom. The van der Waals surface area contributed by atoms with Crippen molar-refractivity contribution >= 4 is 22.4 Å². The van der Waals surface area contributed by atoms with Crippen LogP contribution in [0.4, 0.5) is 0 Å². The zero-order valence-corrected chi connectivity index (χ0v) is 12.1. The van der Waals surface area contributed by atoms with Crippen molar-refractivity contribution in [2.24, 2.45) is 0 Å². The summed E-state index contributed by atoms with van der Waals surface area (Å²) in [6.45, 7) is 0. The van der Waals surface area contributed by atoms with Crippen molar-refractivity contribution < 1.29 is 0 Å². The van der Waals surface area contributed by atoms with Crippen LogP contribution in [-0.2, 0) is 0 Å². The lowest BCUT2D eigenvalue weighted by Gasteiger charge is -2.19. The van der Waals surface area contributed by atoms with E-state index in [-0.39, 0.29) is 6.04 Å². The lowest BCUT2D eigenvalue weighted by atomic mass is 9.94. The molecule has 1 unspecified atom stereocenters. The van der Waals surface area contributed by atoms with Gasteiger partial charge in [-0.25, -0.2) is 0 Å². The summed E-state index contributed by atoms with van der Waals surface area (Å²) < 4.78 is 0. The number of hydrogen-bond acceptors (Lipinski definition) is 1. The Bertz CT molecular complexity index is 714. The predicted octanol–water partition coefficient (Wildman–Crippen LogP) is 4.80. The standard InChI is InChI=1S/C18H16ClN/c1-20-18(14-9-11-15(19)12-10-14)17-8-4-6-13-5-2-3-7-16(13)17/h2-12,18,20H,1H3. The van der Waals surface area contributed by atoms with E-state index in [1.54, 1.807) is 0 Å². The molecule has 0 amide bonds. The maximum absolute atomic E-state index is 5.98. The van der Waals surface area contributed by atoms with Crippen LogP contribution in [0.1, 0.15) is 17.2 Å². The summed E-state index contributed by atoms with van der Waals surface area (Å²) in [7, 11) is 1.99. The highest BCUT2D eigenvalue weighted by Gasteiger charge is 2.14. The van der Waals surface area contributed by atoms with E-state index in [9.17, 15) is 0 Å². The van der Waals surface area contributed by atoms with Crippen LogP contribution in [-0.4, -0.2) is 7.05 Å². The number of rotatable bonds is 3. The van der Waals surface area contributed by atoms with Gasteiger partial charge in [-0.3, -0.25) is 0 Å². The second kappa shape index (κ2) is 5.66. The first-order valence-corrected chi connectivity index (χ1v) is 7.08. The van der Waals surface area contributed by atoms with E-state index < -0.39 is 0 Å². The van der Waals surface area contributed by atoms with Crippen molar-refractivity contribution in [3.05, 3.63) is 82.9 Å². The quantitative estimate of drug-likeness (QED) is 0.727. The topological polar surface area (TPSA) is 12.0 Å². The molecule has 0 spiro atoms. The van der Waals surface area contributed by atoms with Gasteiger partial charge >= 0.3 is 0 Å². The van der Waals surface area contributed by atoms with E-state index in [2.05, 4.69) is 59.9 Å². The average molecular weight is 282 g/mol. The van der Waals surface area contributed by atoms with Gasteiger partial charge < -0.3 is 5.32 Å². The highest BCUT2D eigenvalue weighted by molar-refractivity contribution is 6.30. The lowest BCUT2D eigenvalue weighted by Crippen LogP contribution is -2.17. The van der Waals surface area contributed by atoms with E-state index in [0.717, 1.165) is 5.02 Å². The van der Waals surface area contributed by atoms with Crippen molar-refractivity contribution in [2.45, 2.75) is 6.04 Å². The molecule has 1 atom stereocenters. The van der Waals surface area contributed by atoms with Crippen LogP contribution < -0.4 is 5.32 Å². The van der Waals surface area contributed by atoms with E-state index in [4.69, 9.17) is 11.6 Å². The Morgan fingerprint density at radius 3 is 2.30 bits per heavy atom. The normalized spacial score (nSPS) is 12.5.